The van der Waals surface area contributed by atoms with Gasteiger partial charge in [-0.2, -0.15) is 0 Å². The highest BCUT2D eigenvalue weighted by Gasteiger charge is 2.22. The monoisotopic (exact) mass is 320 g/mol. The first-order valence-corrected chi connectivity index (χ1v) is 8.05. The Morgan fingerprint density at radius 3 is 2.74 bits per heavy atom. The molecule has 0 atom stereocenters. The maximum atomic E-state index is 10.6. The van der Waals surface area contributed by atoms with Gasteiger partial charge in [0.05, 0.1) is 11.5 Å². The number of guanidine groups is 1. The first-order valence-electron chi connectivity index (χ1n) is 8.05. The van der Waals surface area contributed by atoms with E-state index in [0.29, 0.717) is 12.6 Å². The molecule has 1 aromatic rings. The molecule has 1 saturated carbocycles. The highest BCUT2D eigenvalue weighted by atomic mass is 16.6. The van der Waals surface area contributed by atoms with E-state index in [0.717, 1.165) is 37.7 Å². The van der Waals surface area contributed by atoms with E-state index in [1.165, 1.54) is 25.0 Å². The fourth-order valence-electron chi connectivity index (χ4n) is 1.99. The van der Waals surface area contributed by atoms with Crippen molar-refractivity contribution >= 4 is 11.6 Å². The molecular weight excluding hydrogens is 296 g/mol. The number of hydrogen-bond acceptors (Lipinski definition) is 4. The second kappa shape index (κ2) is 9.09. The van der Waals surface area contributed by atoms with Gasteiger partial charge in [-0.3, -0.25) is 10.1 Å². The number of benzene rings is 1. The van der Waals surface area contributed by atoms with Crippen molar-refractivity contribution in [2.75, 3.05) is 19.8 Å². The van der Waals surface area contributed by atoms with Gasteiger partial charge in [0.2, 0.25) is 0 Å². The van der Waals surface area contributed by atoms with Crippen molar-refractivity contribution in [3.63, 3.8) is 0 Å². The smallest absolute Gasteiger partial charge is 0.269 e. The fourth-order valence-corrected chi connectivity index (χ4v) is 1.99. The van der Waals surface area contributed by atoms with E-state index in [-0.39, 0.29) is 5.69 Å². The first-order chi connectivity index (χ1) is 11.2. The highest BCUT2D eigenvalue weighted by molar-refractivity contribution is 5.80. The summed E-state index contributed by atoms with van der Waals surface area (Å²) in [5, 5.41) is 17.3. The molecule has 0 aromatic heterocycles. The average Bonchev–Trinajstić information content (AvgIpc) is 3.36. The predicted octanol–water partition coefficient (Wildman–Crippen LogP) is 2.22. The first kappa shape index (κ1) is 17.2. The molecule has 0 radical (unpaired) electrons. The molecule has 0 aliphatic heterocycles. The predicted molar refractivity (Wildman–Crippen MR) is 89.5 cm³/mol. The Morgan fingerprint density at radius 2 is 2.13 bits per heavy atom. The second-order valence-electron chi connectivity index (χ2n) is 5.48. The molecule has 0 saturated heterocycles. The zero-order chi connectivity index (χ0) is 16.5. The van der Waals surface area contributed by atoms with E-state index >= 15 is 0 Å². The Morgan fingerprint density at radius 1 is 1.39 bits per heavy atom. The lowest BCUT2D eigenvalue weighted by atomic mass is 10.2. The highest BCUT2D eigenvalue weighted by Crippen LogP contribution is 2.18. The molecule has 2 rings (SSSR count). The van der Waals surface area contributed by atoms with Crippen LogP contribution < -0.4 is 10.6 Å². The molecule has 23 heavy (non-hydrogen) atoms. The van der Waals surface area contributed by atoms with E-state index in [2.05, 4.69) is 15.6 Å². The molecule has 0 unspecified atom stereocenters. The average molecular weight is 320 g/mol. The summed E-state index contributed by atoms with van der Waals surface area (Å²) in [7, 11) is 0. The fraction of sp³-hybridized carbons (Fsp3) is 0.562. The Kier molecular flexibility index (Phi) is 6.80. The van der Waals surface area contributed by atoms with Crippen LogP contribution in [0.15, 0.2) is 29.3 Å². The summed E-state index contributed by atoms with van der Waals surface area (Å²) in [5.74, 6) is 0.794. The third-order valence-electron chi connectivity index (χ3n) is 3.45. The largest absolute Gasteiger partial charge is 0.382 e. The van der Waals surface area contributed by atoms with Gasteiger partial charge in [-0.25, -0.2) is 4.99 Å². The number of ether oxygens (including phenoxy) is 1. The lowest BCUT2D eigenvalue weighted by molar-refractivity contribution is -0.384. The molecular formula is C16H24N4O3. The van der Waals surface area contributed by atoms with Crippen molar-refractivity contribution < 1.29 is 9.66 Å². The Bertz CT molecular complexity index is 527. The topological polar surface area (TPSA) is 88.8 Å². The number of nitro benzene ring substituents is 1. The summed E-state index contributed by atoms with van der Waals surface area (Å²) in [6, 6.07) is 7.02. The number of nitrogens with one attached hydrogen (secondary N) is 2. The molecule has 7 heteroatoms. The van der Waals surface area contributed by atoms with Crippen LogP contribution in [0.25, 0.3) is 0 Å². The number of non-ortho nitro benzene ring substituents is 1. The number of nitro groups is 1. The van der Waals surface area contributed by atoms with Crippen LogP contribution in [0.4, 0.5) is 5.69 Å². The van der Waals surface area contributed by atoms with Crippen LogP contribution in [0.5, 0.6) is 0 Å². The van der Waals surface area contributed by atoms with E-state index in [4.69, 9.17) is 4.74 Å². The van der Waals surface area contributed by atoms with Crippen molar-refractivity contribution in [1.29, 1.82) is 0 Å². The summed E-state index contributed by atoms with van der Waals surface area (Å²) in [6.45, 7) is 4.76. The molecule has 1 aliphatic rings. The van der Waals surface area contributed by atoms with Crippen molar-refractivity contribution in [3.05, 3.63) is 39.9 Å². The zero-order valence-electron chi connectivity index (χ0n) is 13.5. The standard InChI is InChI=1S/C16H24N4O3/c1-2-23-11-3-10-17-16(19-14-6-7-14)18-12-13-4-8-15(9-5-13)20(21)22/h4-5,8-9,14H,2-3,6-7,10-12H2,1H3,(H2,17,18,19). The number of hydrogen-bond donors (Lipinski definition) is 2. The molecule has 1 aromatic carbocycles. The van der Waals surface area contributed by atoms with Gasteiger partial charge in [-0.05, 0) is 31.7 Å². The summed E-state index contributed by atoms with van der Waals surface area (Å²) in [4.78, 5) is 14.8. The van der Waals surface area contributed by atoms with Crippen molar-refractivity contribution in [2.45, 2.75) is 38.8 Å². The Labute approximate surface area is 136 Å². The van der Waals surface area contributed by atoms with E-state index < -0.39 is 4.92 Å². The minimum atomic E-state index is -0.396. The van der Waals surface area contributed by atoms with Crippen LogP contribution in [0.1, 0.15) is 31.7 Å². The van der Waals surface area contributed by atoms with Gasteiger partial charge in [-0.1, -0.05) is 12.1 Å². The van der Waals surface area contributed by atoms with Crippen molar-refractivity contribution in [1.82, 2.24) is 10.6 Å². The van der Waals surface area contributed by atoms with E-state index in [1.54, 1.807) is 12.1 Å². The number of nitrogens with zero attached hydrogens (tertiary/aromatic N) is 2. The molecule has 7 nitrogen and oxygen atoms in total. The van der Waals surface area contributed by atoms with Crippen LogP contribution in [0.3, 0.4) is 0 Å². The summed E-state index contributed by atoms with van der Waals surface area (Å²) in [6.07, 6.45) is 3.28. The van der Waals surface area contributed by atoms with Crippen LogP contribution in [0, 0.1) is 10.1 Å². The van der Waals surface area contributed by atoms with Crippen LogP contribution >= 0.6 is 0 Å². The Balaban J connectivity index is 1.84. The molecule has 0 heterocycles. The van der Waals surface area contributed by atoms with Crippen LogP contribution in [-0.2, 0) is 11.3 Å². The Hall–Kier alpha value is -2.15. The second-order valence-corrected chi connectivity index (χ2v) is 5.48. The summed E-state index contributed by atoms with van der Waals surface area (Å²) < 4.78 is 5.31. The van der Waals surface area contributed by atoms with Gasteiger partial charge in [0.25, 0.3) is 5.69 Å². The zero-order valence-corrected chi connectivity index (χ0v) is 13.5. The lowest BCUT2D eigenvalue weighted by Gasteiger charge is -2.12. The van der Waals surface area contributed by atoms with Crippen LogP contribution in [0.2, 0.25) is 0 Å². The normalized spacial score (nSPS) is 14.6. The van der Waals surface area contributed by atoms with Crippen molar-refractivity contribution in [3.8, 4) is 0 Å². The quantitative estimate of drug-likeness (QED) is 0.239. The van der Waals surface area contributed by atoms with Gasteiger partial charge in [0, 0.05) is 37.9 Å². The SMILES string of the molecule is CCOCCCNC(=NCc1ccc([N+](=O)[O-])cc1)NC1CC1. The molecule has 1 fully saturated rings. The third-order valence-corrected chi connectivity index (χ3v) is 3.45. The molecule has 0 amide bonds. The minimum Gasteiger partial charge on any atom is -0.382 e. The molecule has 0 spiro atoms. The maximum Gasteiger partial charge on any atom is 0.269 e. The van der Waals surface area contributed by atoms with E-state index in [9.17, 15) is 10.1 Å². The molecule has 0 bridgehead atoms. The molecule has 126 valence electrons. The van der Waals surface area contributed by atoms with Gasteiger partial charge in [0.15, 0.2) is 5.96 Å². The van der Waals surface area contributed by atoms with Gasteiger partial charge >= 0.3 is 0 Å². The minimum absolute atomic E-state index is 0.100. The third kappa shape index (κ3) is 6.65. The summed E-state index contributed by atoms with van der Waals surface area (Å²) >= 11 is 0. The van der Waals surface area contributed by atoms with Gasteiger partial charge < -0.3 is 15.4 Å². The summed E-state index contributed by atoms with van der Waals surface area (Å²) in [5.41, 5.74) is 1.05. The van der Waals surface area contributed by atoms with E-state index in [1.807, 2.05) is 6.92 Å². The number of aliphatic imine (C=N–C) groups is 1. The number of rotatable bonds is 9. The van der Waals surface area contributed by atoms with Crippen LogP contribution in [-0.4, -0.2) is 36.7 Å². The molecule has 2 N–H and O–H groups in total. The maximum absolute atomic E-state index is 10.6. The van der Waals surface area contributed by atoms with Gasteiger partial charge in [0.1, 0.15) is 0 Å². The van der Waals surface area contributed by atoms with Crippen molar-refractivity contribution in [2.24, 2.45) is 4.99 Å². The lowest BCUT2D eigenvalue weighted by Crippen LogP contribution is -2.39. The molecule has 1 aliphatic carbocycles. The van der Waals surface area contributed by atoms with Gasteiger partial charge in [-0.15, -0.1) is 0 Å².